The highest BCUT2D eigenvalue weighted by molar-refractivity contribution is 6.36. The molecule has 0 saturated carbocycles. The van der Waals surface area contributed by atoms with Crippen molar-refractivity contribution in [3.05, 3.63) is 55.3 Å². The zero-order valence-electron chi connectivity index (χ0n) is 16.4. The van der Waals surface area contributed by atoms with Crippen LogP contribution in [0.2, 0.25) is 10.0 Å². The Kier molecular flexibility index (Phi) is 4.53. The minimum absolute atomic E-state index is 0.0393. The van der Waals surface area contributed by atoms with Gasteiger partial charge in [-0.25, -0.2) is 4.79 Å². The summed E-state index contributed by atoms with van der Waals surface area (Å²) in [5.74, 6) is 0.555. The fourth-order valence-electron chi connectivity index (χ4n) is 4.10. The summed E-state index contributed by atoms with van der Waals surface area (Å²) in [5, 5.41) is 1.04. The maximum atomic E-state index is 12.9. The molecule has 156 valence electrons. The van der Waals surface area contributed by atoms with Gasteiger partial charge in [0.15, 0.2) is 11.2 Å². The van der Waals surface area contributed by atoms with Crippen LogP contribution < -0.4 is 11.2 Å². The largest absolute Gasteiger partial charge is 0.376 e. The summed E-state index contributed by atoms with van der Waals surface area (Å²) in [6.07, 6.45) is 3.82. The molecule has 1 aliphatic heterocycles. The highest BCUT2D eigenvalue weighted by Gasteiger charge is 2.25. The van der Waals surface area contributed by atoms with Crippen molar-refractivity contribution in [3.63, 3.8) is 0 Å². The van der Waals surface area contributed by atoms with Gasteiger partial charge in [0.2, 0.25) is 5.78 Å². The smallest absolute Gasteiger partial charge is 0.332 e. The Morgan fingerprint density at radius 1 is 1.20 bits per heavy atom. The van der Waals surface area contributed by atoms with Crippen molar-refractivity contribution in [1.82, 2.24) is 23.1 Å². The maximum absolute atomic E-state index is 12.9. The molecule has 30 heavy (non-hydrogen) atoms. The fraction of sp³-hybridized carbons (Fsp3) is 0.350. The lowest BCUT2D eigenvalue weighted by molar-refractivity contribution is 0.0981. The Balaban J connectivity index is 1.85. The normalized spacial score (nSPS) is 16.9. The van der Waals surface area contributed by atoms with E-state index in [1.807, 2.05) is 16.8 Å². The molecule has 1 aliphatic rings. The van der Waals surface area contributed by atoms with Crippen LogP contribution in [-0.2, 0) is 25.4 Å². The standard InChI is InChI=1S/C20H19Cl2N5O3/c1-24-17-16(18(28)25(2)20(24)29)27-10-15(13-6-5-11(21)8-14(13)22)26(19(27)23-17)9-12-4-3-7-30-12/h5-6,8,10,12H,3-4,7,9H2,1-2H3/t12-/m0/s1. The first-order valence-electron chi connectivity index (χ1n) is 9.61. The van der Waals surface area contributed by atoms with Crippen LogP contribution in [0.3, 0.4) is 0 Å². The lowest BCUT2D eigenvalue weighted by Gasteiger charge is -2.14. The molecule has 1 fully saturated rings. The van der Waals surface area contributed by atoms with Crippen molar-refractivity contribution in [2.45, 2.75) is 25.5 Å². The third-order valence-electron chi connectivity index (χ3n) is 5.67. The first-order valence-corrected chi connectivity index (χ1v) is 10.4. The van der Waals surface area contributed by atoms with Gasteiger partial charge in [0.1, 0.15) is 0 Å². The highest BCUT2D eigenvalue weighted by atomic mass is 35.5. The van der Waals surface area contributed by atoms with Crippen LogP contribution in [0.5, 0.6) is 0 Å². The zero-order valence-corrected chi connectivity index (χ0v) is 17.9. The van der Waals surface area contributed by atoms with E-state index < -0.39 is 11.2 Å². The van der Waals surface area contributed by atoms with E-state index in [1.165, 1.54) is 11.6 Å². The molecule has 1 saturated heterocycles. The van der Waals surface area contributed by atoms with Crippen LogP contribution in [-0.4, -0.2) is 35.8 Å². The molecule has 5 rings (SSSR count). The van der Waals surface area contributed by atoms with E-state index in [9.17, 15) is 9.59 Å². The molecule has 0 spiro atoms. The molecule has 0 N–H and O–H groups in total. The second kappa shape index (κ2) is 7.01. The van der Waals surface area contributed by atoms with Gasteiger partial charge in [-0.2, -0.15) is 4.98 Å². The second-order valence-electron chi connectivity index (χ2n) is 7.54. The molecule has 1 aromatic carbocycles. The second-order valence-corrected chi connectivity index (χ2v) is 8.39. The summed E-state index contributed by atoms with van der Waals surface area (Å²) >= 11 is 12.6. The average Bonchev–Trinajstić information content (AvgIpc) is 3.42. The number of hydrogen-bond donors (Lipinski definition) is 0. The van der Waals surface area contributed by atoms with E-state index in [2.05, 4.69) is 4.98 Å². The van der Waals surface area contributed by atoms with Gasteiger partial charge in [-0.15, -0.1) is 0 Å². The van der Waals surface area contributed by atoms with Crippen molar-refractivity contribution in [2.75, 3.05) is 6.61 Å². The van der Waals surface area contributed by atoms with Gasteiger partial charge in [-0.3, -0.25) is 18.3 Å². The SMILES string of the molecule is Cn1c(=O)c2c(nc3n(C[C@@H]4CCCO4)c(-c4ccc(Cl)cc4Cl)cn23)n(C)c1=O. The summed E-state index contributed by atoms with van der Waals surface area (Å²) in [5.41, 5.74) is 1.44. The van der Waals surface area contributed by atoms with Crippen LogP contribution in [0.4, 0.5) is 0 Å². The summed E-state index contributed by atoms with van der Waals surface area (Å²) in [7, 11) is 3.07. The topological polar surface area (TPSA) is 75.5 Å². The molecule has 0 radical (unpaired) electrons. The number of rotatable bonds is 3. The number of benzene rings is 1. The molecule has 4 aromatic rings. The number of hydrogen-bond acceptors (Lipinski definition) is 4. The third kappa shape index (κ3) is 2.82. The fourth-order valence-corrected chi connectivity index (χ4v) is 4.60. The molecule has 0 aliphatic carbocycles. The van der Waals surface area contributed by atoms with Crippen LogP contribution in [0.15, 0.2) is 34.0 Å². The number of fused-ring (bicyclic) bond motifs is 3. The molecular formula is C20H19Cl2N5O3. The van der Waals surface area contributed by atoms with Gasteiger partial charge in [0.25, 0.3) is 5.56 Å². The van der Waals surface area contributed by atoms with Gasteiger partial charge < -0.3 is 9.30 Å². The minimum Gasteiger partial charge on any atom is -0.376 e. The maximum Gasteiger partial charge on any atom is 0.332 e. The van der Waals surface area contributed by atoms with Crippen molar-refractivity contribution < 1.29 is 4.74 Å². The average molecular weight is 448 g/mol. The van der Waals surface area contributed by atoms with Gasteiger partial charge in [0.05, 0.1) is 23.4 Å². The van der Waals surface area contributed by atoms with Crippen LogP contribution >= 0.6 is 23.2 Å². The van der Waals surface area contributed by atoms with E-state index in [0.717, 1.165) is 35.3 Å². The predicted molar refractivity (Wildman–Crippen MR) is 116 cm³/mol. The molecule has 10 heteroatoms. The molecule has 8 nitrogen and oxygen atoms in total. The lowest BCUT2D eigenvalue weighted by atomic mass is 10.1. The predicted octanol–water partition coefficient (Wildman–Crippen LogP) is 2.84. The summed E-state index contributed by atoms with van der Waals surface area (Å²) < 4.78 is 12.0. The van der Waals surface area contributed by atoms with E-state index >= 15 is 0 Å². The first-order chi connectivity index (χ1) is 14.4. The Labute approximate surface area is 180 Å². The molecule has 0 bridgehead atoms. The van der Waals surface area contributed by atoms with Crippen molar-refractivity contribution in [1.29, 1.82) is 0 Å². The lowest BCUT2D eigenvalue weighted by Crippen LogP contribution is -2.37. The monoisotopic (exact) mass is 447 g/mol. The quantitative estimate of drug-likeness (QED) is 0.483. The molecule has 3 aromatic heterocycles. The molecule has 1 atom stereocenters. The highest BCUT2D eigenvalue weighted by Crippen LogP contribution is 2.33. The van der Waals surface area contributed by atoms with Crippen LogP contribution in [0.25, 0.3) is 28.2 Å². The van der Waals surface area contributed by atoms with Crippen molar-refractivity contribution >= 4 is 40.1 Å². The summed E-state index contributed by atoms with van der Waals surface area (Å²) in [4.78, 5) is 29.9. The van der Waals surface area contributed by atoms with Gasteiger partial charge >= 0.3 is 5.69 Å². The van der Waals surface area contributed by atoms with Gasteiger partial charge in [-0.05, 0) is 31.0 Å². The molecule has 4 heterocycles. The number of halogens is 2. The van der Waals surface area contributed by atoms with Crippen LogP contribution in [0.1, 0.15) is 12.8 Å². The van der Waals surface area contributed by atoms with Crippen molar-refractivity contribution in [2.24, 2.45) is 14.1 Å². The van der Waals surface area contributed by atoms with Crippen LogP contribution in [0, 0.1) is 0 Å². The number of aromatic nitrogens is 5. The van der Waals surface area contributed by atoms with E-state index in [-0.39, 0.29) is 6.10 Å². The zero-order chi connectivity index (χ0) is 21.2. The number of imidazole rings is 2. The summed E-state index contributed by atoms with van der Waals surface area (Å²) in [6, 6.07) is 5.31. The number of nitrogens with zero attached hydrogens (tertiary/aromatic N) is 5. The number of ether oxygens (including phenoxy) is 1. The van der Waals surface area contributed by atoms with Gasteiger partial charge in [-0.1, -0.05) is 23.2 Å². The number of aryl methyl sites for hydroxylation is 1. The molecule has 0 unspecified atom stereocenters. The molecule has 0 amide bonds. The van der Waals surface area contributed by atoms with E-state index in [0.29, 0.717) is 33.5 Å². The molecular weight excluding hydrogens is 429 g/mol. The Morgan fingerprint density at radius 3 is 2.70 bits per heavy atom. The minimum atomic E-state index is -0.417. The van der Waals surface area contributed by atoms with Crippen molar-refractivity contribution in [3.8, 4) is 11.3 Å². The Hall–Kier alpha value is -2.55. The van der Waals surface area contributed by atoms with Gasteiger partial charge in [0, 0.05) is 37.5 Å². The summed E-state index contributed by atoms with van der Waals surface area (Å²) in [6.45, 7) is 1.28. The Bertz CT molecular complexity index is 1420. The van der Waals surface area contributed by atoms with E-state index in [4.69, 9.17) is 27.9 Å². The Morgan fingerprint density at radius 2 is 2.00 bits per heavy atom. The third-order valence-corrected chi connectivity index (χ3v) is 6.22. The van der Waals surface area contributed by atoms with E-state index in [1.54, 1.807) is 23.6 Å². The first kappa shape index (κ1) is 19.4.